The predicted molar refractivity (Wildman–Crippen MR) is 30.1 cm³/mol. The molecule has 1 aliphatic rings. The minimum Gasteiger partial charge on any atom is -0.137 e. The maximum Gasteiger partial charge on any atom is 0.239 e. The van der Waals surface area contributed by atoms with Crippen molar-refractivity contribution in [2.24, 2.45) is 15.5 Å². The van der Waals surface area contributed by atoms with E-state index in [1.807, 2.05) is 14.0 Å². The summed E-state index contributed by atoms with van der Waals surface area (Å²) in [7, 11) is 1.94. The second kappa shape index (κ2) is 1.63. The van der Waals surface area contributed by atoms with Gasteiger partial charge in [0.15, 0.2) is 0 Å². The van der Waals surface area contributed by atoms with Gasteiger partial charge in [-0.3, -0.25) is 0 Å². The average Bonchev–Trinajstić information content (AvgIpc) is 2.17. The standard InChI is InChI=1S/C4H9N4/c1-3-8(2)4-5-6-7-8/h4H,3H2,1-2H3/q+1. The van der Waals surface area contributed by atoms with Crippen LogP contribution in [0.3, 0.4) is 0 Å². The van der Waals surface area contributed by atoms with E-state index < -0.39 is 0 Å². The van der Waals surface area contributed by atoms with Gasteiger partial charge in [0.2, 0.25) is 6.34 Å². The van der Waals surface area contributed by atoms with Crippen LogP contribution in [0.15, 0.2) is 15.5 Å². The lowest BCUT2D eigenvalue weighted by atomic mass is 10.6. The number of quaternary nitrogens is 1. The fourth-order valence-electron chi connectivity index (χ4n) is 0.417. The minimum absolute atomic E-state index is 0.486. The lowest BCUT2D eigenvalue weighted by Gasteiger charge is -2.11. The highest BCUT2D eigenvalue weighted by Crippen LogP contribution is 2.05. The molecule has 0 radical (unpaired) electrons. The maximum absolute atomic E-state index is 3.83. The molecule has 0 fully saturated rings. The zero-order valence-corrected chi connectivity index (χ0v) is 5.07. The summed E-state index contributed by atoms with van der Waals surface area (Å²) in [6.45, 7) is 2.95. The second-order valence-electron chi connectivity index (χ2n) is 1.94. The van der Waals surface area contributed by atoms with E-state index in [0.717, 1.165) is 6.54 Å². The van der Waals surface area contributed by atoms with Crippen molar-refractivity contribution in [3.8, 4) is 0 Å². The summed E-state index contributed by atoms with van der Waals surface area (Å²) in [5.41, 5.74) is 0. The van der Waals surface area contributed by atoms with Gasteiger partial charge < -0.3 is 0 Å². The van der Waals surface area contributed by atoms with E-state index in [-0.39, 0.29) is 0 Å². The van der Waals surface area contributed by atoms with Crippen LogP contribution in [-0.4, -0.2) is 24.5 Å². The van der Waals surface area contributed by atoms with Crippen molar-refractivity contribution in [3.05, 3.63) is 0 Å². The lowest BCUT2D eigenvalue weighted by molar-refractivity contribution is -0.820. The van der Waals surface area contributed by atoms with Crippen molar-refractivity contribution in [2.45, 2.75) is 6.92 Å². The molecule has 4 nitrogen and oxygen atoms in total. The molecule has 0 saturated carbocycles. The van der Waals surface area contributed by atoms with Crippen molar-refractivity contribution in [1.29, 1.82) is 0 Å². The van der Waals surface area contributed by atoms with Crippen LogP contribution in [0, 0.1) is 0 Å². The Balaban J connectivity index is 2.69. The Kier molecular flexibility index (Phi) is 1.09. The van der Waals surface area contributed by atoms with Crippen LogP contribution in [0.25, 0.3) is 0 Å². The molecule has 0 aromatic heterocycles. The number of hydrogen-bond donors (Lipinski definition) is 0. The van der Waals surface area contributed by atoms with Crippen molar-refractivity contribution < 1.29 is 4.59 Å². The van der Waals surface area contributed by atoms with Gasteiger partial charge >= 0.3 is 0 Å². The number of hydrogen-bond acceptors (Lipinski definition) is 3. The molecular formula is C4H9N4+. The molecule has 0 aromatic carbocycles. The monoisotopic (exact) mass is 113 g/mol. The van der Waals surface area contributed by atoms with Crippen molar-refractivity contribution in [1.82, 2.24) is 0 Å². The van der Waals surface area contributed by atoms with Crippen LogP contribution < -0.4 is 0 Å². The van der Waals surface area contributed by atoms with Gasteiger partial charge in [0.1, 0.15) is 13.6 Å². The maximum atomic E-state index is 3.83. The summed E-state index contributed by atoms with van der Waals surface area (Å²) in [5, 5.41) is 10.9. The third-order valence-electron chi connectivity index (χ3n) is 1.24. The third-order valence-corrected chi connectivity index (χ3v) is 1.24. The summed E-state index contributed by atoms with van der Waals surface area (Å²) in [4.78, 5) is 0. The van der Waals surface area contributed by atoms with Gasteiger partial charge in [0.05, 0.1) is 5.22 Å². The van der Waals surface area contributed by atoms with E-state index in [9.17, 15) is 0 Å². The van der Waals surface area contributed by atoms with Gasteiger partial charge in [-0.2, -0.15) is 0 Å². The molecular weight excluding hydrogens is 104 g/mol. The van der Waals surface area contributed by atoms with Crippen LogP contribution in [0.1, 0.15) is 6.92 Å². The van der Waals surface area contributed by atoms with Crippen molar-refractivity contribution in [2.75, 3.05) is 13.6 Å². The molecule has 1 rings (SSSR count). The molecule has 0 aromatic rings. The Morgan fingerprint density at radius 3 is 2.62 bits per heavy atom. The van der Waals surface area contributed by atoms with Crippen molar-refractivity contribution >= 4 is 6.34 Å². The smallest absolute Gasteiger partial charge is 0.137 e. The summed E-state index contributed by atoms with van der Waals surface area (Å²) in [6, 6.07) is 0. The van der Waals surface area contributed by atoms with E-state index in [2.05, 4.69) is 15.5 Å². The molecule has 0 aliphatic carbocycles. The molecule has 1 unspecified atom stereocenters. The molecule has 1 aliphatic heterocycles. The van der Waals surface area contributed by atoms with E-state index in [1.165, 1.54) is 0 Å². The van der Waals surface area contributed by atoms with Crippen LogP contribution in [0.4, 0.5) is 0 Å². The fourth-order valence-corrected chi connectivity index (χ4v) is 0.417. The van der Waals surface area contributed by atoms with Gasteiger partial charge in [0, 0.05) is 5.22 Å². The van der Waals surface area contributed by atoms with E-state index >= 15 is 0 Å². The van der Waals surface area contributed by atoms with Crippen LogP contribution in [0.2, 0.25) is 0 Å². The van der Waals surface area contributed by atoms with E-state index in [0.29, 0.717) is 4.59 Å². The molecule has 0 amide bonds. The van der Waals surface area contributed by atoms with E-state index in [1.54, 1.807) is 6.34 Å². The molecule has 1 heterocycles. The van der Waals surface area contributed by atoms with Crippen molar-refractivity contribution in [3.63, 3.8) is 0 Å². The first-order valence-corrected chi connectivity index (χ1v) is 2.59. The quantitative estimate of drug-likeness (QED) is 0.450. The van der Waals surface area contributed by atoms with Crippen LogP contribution >= 0.6 is 0 Å². The second-order valence-corrected chi connectivity index (χ2v) is 1.94. The van der Waals surface area contributed by atoms with Gasteiger partial charge in [-0.25, -0.2) is 0 Å². The molecule has 1 atom stereocenters. The molecule has 8 heavy (non-hydrogen) atoms. The first kappa shape index (κ1) is 5.37. The Hall–Kier alpha value is -0.770. The number of nitrogens with zero attached hydrogens (tertiary/aromatic N) is 4. The fraction of sp³-hybridized carbons (Fsp3) is 0.750. The third kappa shape index (κ3) is 0.742. The zero-order valence-electron chi connectivity index (χ0n) is 5.07. The summed E-state index contributed by atoms with van der Waals surface area (Å²) in [5.74, 6) is 0. The SMILES string of the molecule is CC[N+]1(C)C=NN=N1. The zero-order chi connectivity index (χ0) is 6.04. The van der Waals surface area contributed by atoms with Gasteiger partial charge in [0.25, 0.3) is 0 Å². The first-order valence-electron chi connectivity index (χ1n) is 2.59. The molecule has 44 valence electrons. The highest BCUT2D eigenvalue weighted by Gasteiger charge is 2.19. The van der Waals surface area contributed by atoms with Crippen LogP contribution in [0.5, 0.6) is 0 Å². The Morgan fingerprint density at radius 2 is 2.38 bits per heavy atom. The normalized spacial score (nSPS) is 34.2. The highest BCUT2D eigenvalue weighted by molar-refractivity contribution is 5.45. The van der Waals surface area contributed by atoms with Gasteiger partial charge in [-0.05, 0) is 6.92 Å². The Bertz CT molecular complexity index is 125. The molecule has 4 heteroatoms. The Morgan fingerprint density at radius 1 is 1.62 bits per heavy atom. The van der Waals surface area contributed by atoms with Crippen LogP contribution in [-0.2, 0) is 0 Å². The van der Waals surface area contributed by atoms with Gasteiger partial charge in [-0.1, -0.05) is 5.10 Å². The minimum atomic E-state index is 0.486. The highest BCUT2D eigenvalue weighted by atomic mass is 15.8. The first-order chi connectivity index (χ1) is 3.77. The summed E-state index contributed by atoms with van der Waals surface area (Å²) < 4.78 is 0.486. The summed E-state index contributed by atoms with van der Waals surface area (Å²) >= 11 is 0. The average molecular weight is 113 g/mol. The largest absolute Gasteiger partial charge is 0.239 e. The lowest BCUT2D eigenvalue weighted by Crippen LogP contribution is -2.33. The summed E-state index contributed by atoms with van der Waals surface area (Å²) in [6.07, 6.45) is 1.71. The topological polar surface area (TPSA) is 37.1 Å². The van der Waals surface area contributed by atoms with E-state index in [4.69, 9.17) is 0 Å². The molecule has 0 bridgehead atoms. The molecule has 0 N–H and O–H groups in total. The number of rotatable bonds is 1. The Labute approximate surface area is 48.1 Å². The predicted octanol–water partition coefficient (Wildman–Crippen LogP) is 0.777. The molecule has 0 saturated heterocycles. The molecule has 0 spiro atoms. The van der Waals surface area contributed by atoms with Gasteiger partial charge in [-0.15, -0.1) is 4.59 Å².